The number of anilines is 4. The molecule has 0 spiro atoms. The minimum Gasteiger partial charge on any atom is -0.338 e. The number of carbonyl (C=O) groups excluding carboxylic acids is 1. The first kappa shape index (κ1) is 24.9. The maximum Gasteiger partial charge on any atom is 0.258 e. The van der Waals surface area contributed by atoms with E-state index in [1.54, 1.807) is 18.3 Å². The molecular weight excluding hydrogens is 502 g/mol. The Morgan fingerprint density at radius 1 is 0.974 bits per heavy atom. The number of H-pyrrole nitrogens is 1. The number of nitrogens with one attached hydrogen (secondary N) is 3. The van der Waals surface area contributed by atoms with Gasteiger partial charge in [-0.05, 0) is 48.7 Å². The lowest BCUT2D eigenvalue weighted by Crippen LogP contribution is -2.46. The molecule has 0 radical (unpaired) electrons. The van der Waals surface area contributed by atoms with Gasteiger partial charge in [-0.3, -0.25) is 14.8 Å². The number of aromatic nitrogens is 4. The molecular formula is C28H28F2N8O. The van der Waals surface area contributed by atoms with Gasteiger partial charge in [0, 0.05) is 68.4 Å². The lowest BCUT2D eigenvalue weighted by molar-refractivity contribution is 0.102. The minimum absolute atomic E-state index is 0.201. The molecule has 2 aromatic heterocycles. The molecule has 2 aromatic carbocycles. The predicted octanol–water partition coefficient (Wildman–Crippen LogP) is 4.67. The lowest BCUT2D eigenvalue weighted by atomic mass is 10.1. The standard InChI is InChI=1S/C28H28F2N8O/c29-20-5-8-22(23(30)15-20)27(39)32-21-6-1-18(2-7-21)17-37-11-13-38(14-12-37)28-31-10-9-25(34-28)33-26-16-24(35-36-26)19-3-4-19/h1-2,5-10,15-16,19H,3-4,11-14,17H2,(H,32,39)(H2,31,33,34,35,36). The summed E-state index contributed by atoms with van der Waals surface area (Å²) in [4.78, 5) is 26.0. The van der Waals surface area contributed by atoms with E-state index < -0.39 is 17.5 Å². The number of benzene rings is 2. The normalized spacial score (nSPS) is 15.8. The minimum atomic E-state index is -0.892. The van der Waals surface area contributed by atoms with Crippen molar-refractivity contribution in [1.29, 1.82) is 0 Å². The van der Waals surface area contributed by atoms with E-state index in [2.05, 4.69) is 35.6 Å². The number of halogens is 2. The highest BCUT2D eigenvalue weighted by molar-refractivity contribution is 6.04. The molecule has 200 valence electrons. The molecule has 3 N–H and O–H groups in total. The van der Waals surface area contributed by atoms with E-state index in [1.165, 1.54) is 18.5 Å². The molecule has 9 nitrogen and oxygen atoms in total. The van der Waals surface area contributed by atoms with E-state index in [4.69, 9.17) is 4.98 Å². The summed E-state index contributed by atoms with van der Waals surface area (Å²) in [6, 6.07) is 14.2. The fourth-order valence-electron chi connectivity index (χ4n) is 4.64. The topological polar surface area (TPSA) is 102 Å². The Labute approximate surface area is 224 Å². The molecule has 2 aliphatic rings. The average molecular weight is 531 g/mol. The average Bonchev–Trinajstić information content (AvgIpc) is 3.69. The Balaban J connectivity index is 0.997. The quantitative estimate of drug-likeness (QED) is 0.304. The molecule has 1 amide bonds. The number of carbonyl (C=O) groups is 1. The number of piperazine rings is 1. The number of aromatic amines is 1. The zero-order valence-corrected chi connectivity index (χ0v) is 21.2. The summed E-state index contributed by atoms with van der Waals surface area (Å²) in [5, 5.41) is 13.4. The number of rotatable bonds is 8. The second kappa shape index (κ2) is 10.8. The largest absolute Gasteiger partial charge is 0.338 e. The van der Waals surface area contributed by atoms with Gasteiger partial charge in [-0.2, -0.15) is 10.1 Å². The van der Waals surface area contributed by atoms with Crippen LogP contribution in [0.2, 0.25) is 0 Å². The number of amides is 1. The highest BCUT2D eigenvalue weighted by Gasteiger charge is 2.25. The van der Waals surface area contributed by atoms with Crippen molar-refractivity contribution in [3.8, 4) is 0 Å². The molecule has 0 bridgehead atoms. The van der Waals surface area contributed by atoms with Gasteiger partial charge in [-0.25, -0.2) is 13.8 Å². The van der Waals surface area contributed by atoms with Crippen molar-refractivity contribution in [1.82, 2.24) is 25.1 Å². The monoisotopic (exact) mass is 530 g/mol. The molecule has 39 heavy (non-hydrogen) atoms. The van der Waals surface area contributed by atoms with Crippen molar-refractivity contribution >= 4 is 29.2 Å². The Bertz CT molecular complexity index is 1460. The van der Waals surface area contributed by atoms with Gasteiger partial charge in [0.25, 0.3) is 5.91 Å². The number of nitrogens with zero attached hydrogens (tertiary/aromatic N) is 5. The first-order chi connectivity index (χ1) is 19.0. The van der Waals surface area contributed by atoms with E-state index in [1.807, 2.05) is 24.3 Å². The summed E-state index contributed by atoms with van der Waals surface area (Å²) >= 11 is 0. The third-order valence-corrected chi connectivity index (χ3v) is 6.96. The third kappa shape index (κ3) is 6.04. The van der Waals surface area contributed by atoms with Gasteiger partial charge in [0.05, 0.1) is 5.56 Å². The predicted molar refractivity (Wildman–Crippen MR) is 144 cm³/mol. The van der Waals surface area contributed by atoms with Gasteiger partial charge in [0.15, 0.2) is 5.82 Å². The van der Waals surface area contributed by atoms with E-state index in [0.717, 1.165) is 56.2 Å². The van der Waals surface area contributed by atoms with Gasteiger partial charge in [-0.15, -0.1) is 0 Å². The summed E-state index contributed by atoms with van der Waals surface area (Å²) in [6.07, 6.45) is 4.20. The first-order valence-corrected chi connectivity index (χ1v) is 13.0. The fourth-order valence-corrected chi connectivity index (χ4v) is 4.64. The third-order valence-electron chi connectivity index (χ3n) is 6.96. The lowest BCUT2D eigenvalue weighted by Gasteiger charge is -2.34. The maximum atomic E-state index is 13.9. The van der Waals surface area contributed by atoms with Crippen molar-refractivity contribution in [2.45, 2.75) is 25.3 Å². The van der Waals surface area contributed by atoms with Crippen LogP contribution in [0.4, 0.5) is 32.1 Å². The fraction of sp³-hybridized carbons (Fsp3) is 0.286. The Hall–Kier alpha value is -4.38. The number of hydrogen-bond acceptors (Lipinski definition) is 7. The van der Waals surface area contributed by atoms with E-state index in [0.29, 0.717) is 29.4 Å². The Morgan fingerprint density at radius 3 is 2.51 bits per heavy atom. The first-order valence-electron chi connectivity index (χ1n) is 13.0. The van der Waals surface area contributed by atoms with E-state index in [9.17, 15) is 13.6 Å². The zero-order valence-electron chi connectivity index (χ0n) is 21.2. The molecule has 1 aliphatic heterocycles. The molecule has 1 saturated heterocycles. The Morgan fingerprint density at radius 2 is 1.77 bits per heavy atom. The van der Waals surface area contributed by atoms with Crippen LogP contribution in [0.3, 0.4) is 0 Å². The molecule has 2 fully saturated rings. The van der Waals surface area contributed by atoms with Crippen LogP contribution in [0.5, 0.6) is 0 Å². The van der Waals surface area contributed by atoms with Gasteiger partial charge < -0.3 is 15.5 Å². The summed E-state index contributed by atoms with van der Waals surface area (Å²) in [5.74, 6) is 0.546. The summed E-state index contributed by atoms with van der Waals surface area (Å²) < 4.78 is 27.0. The molecule has 1 saturated carbocycles. The van der Waals surface area contributed by atoms with Crippen LogP contribution in [0.25, 0.3) is 0 Å². The van der Waals surface area contributed by atoms with Crippen LogP contribution in [-0.4, -0.2) is 57.2 Å². The summed E-state index contributed by atoms with van der Waals surface area (Å²) in [6.45, 7) is 4.07. The molecule has 3 heterocycles. The molecule has 6 rings (SSSR count). The van der Waals surface area contributed by atoms with Crippen molar-refractivity contribution in [3.05, 3.63) is 89.2 Å². The van der Waals surface area contributed by atoms with Crippen molar-refractivity contribution in [2.75, 3.05) is 41.7 Å². The van der Waals surface area contributed by atoms with Crippen LogP contribution in [0.15, 0.2) is 60.8 Å². The highest BCUT2D eigenvalue weighted by atomic mass is 19.1. The van der Waals surface area contributed by atoms with Crippen molar-refractivity contribution < 1.29 is 13.6 Å². The molecule has 0 unspecified atom stereocenters. The van der Waals surface area contributed by atoms with Gasteiger partial charge >= 0.3 is 0 Å². The molecule has 1 aliphatic carbocycles. The molecule has 11 heteroatoms. The highest BCUT2D eigenvalue weighted by Crippen LogP contribution is 2.39. The second-order valence-electron chi connectivity index (χ2n) is 9.89. The van der Waals surface area contributed by atoms with Crippen LogP contribution in [0.1, 0.15) is 40.4 Å². The Kier molecular flexibility index (Phi) is 6.89. The van der Waals surface area contributed by atoms with Crippen molar-refractivity contribution in [3.63, 3.8) is 0 Å². The van der Waals surface area contributed by atoms with Gasteiger partial charge in [0.2, 0.25) is 5.95 Å². The van der Waals surface area contributed by atoms with E-state index in [-0.39, 0.29) is 5.56 Å². The van der Waals surface area contributed by atoms with Gasteiger partial charge in [0.1, 0.15) is 17.5 Å². The zero-order chi connectivity index (χ0) is 26.8. The van der Waals surface area contributed by atoms with Crippen LogP contribution >= 0.6 is 0 Å². The smallest absolute Gasteiger partial charge is 0.258 e. The number of hydrogen-bond donors (Lipinski definition) is 3. The van der Waals surface area contributed by atoms with Crippen LogP contribution < -0.4 is 15.5 Å². The summed E-state index contributed by atoms with van der Waals surface area (Å²) in [5.41, 5.74) is 2.61. The van der Waals surface area contributed by atoms with Gasteiger partial charge in [-0.1, -0.05) is 12.1 Å². The van der Waals surface area contributed by atoms with E-state index >= 15 is 0 Å². The van der Waals surface area contributed by atoms with Crippen molar-refractivity contribution in [2.24, 2.45) is 0 Å². The van der Waals surface area contributed by atoms with Crippen LogP contribution in [-0.2, 0) is 6.54 Å². The summed E-state index contributed by atoms with van der Waals surface area (Å²) in [7, 11) is 0. The van der Waals surface area contributed by atoms with Crippen LogP contribution in [0, 0.1) is 11.6 Å². The second-order valence-corrected chi connectivity index (χ2v) is 9.89. The molecule has 0 atom stereocenters. The molecule has 4 aromatic rings. The SMILES string of the molecule is O=C(Nc1ccc(CN2CCN(c3nccc(Nc4cc(C5CC5)[nH]n4)n3)CC2)cc1)c1ccc(F)cc1F. The maximum absolute atomic E-state index is 13.9.